The van der Waals surface area contributed by atoms with Crippen LogP contribution in [0.5, 0.6) is 0 Å². The number of halogens is 2. The first-order chi connectivity index (χ1) is 11.5. The topological polar surface area (TPSA) is 58.2 Å². The zero-order valence-corrected chi connectivity index (χ0v) is 15.5. The summed E-state index contributed by atoms with van der Waals surface area (Å²) in [5, 5.41) is 8.29. The predicted octanol–water partition coefficient (Wildman–Crippen LogP) is 4.44. The lowest BCUT2D eigenvalue weighted by Crippen LogP contribution is -2.38. The van der Waals surface area contributed by atoms with E-state index in [0.717, 1.165) is 18.4 Å². The molecule has 0 radical (unpaired) electrons. The maximum Gasteiger partial charge on any atom is 0.261 e. The van der Waals surface area contributed by atoms with E-state index in [4.69, 9.17) is 23.2 Å². The van der Waals surface area contributed by atoms with Gasteiger partial charge in [-0.25, -0.2) is 0 Å². The highest BCUT2D eigenvalue weighted by Gasteiger charge is 2.16. The van der Waals surface area contributed by atoms with Crippen molar-refractivity contribution < 1.29 is 9.59 Å². The van der Waals surface area contributed by atoms with Crippen molar-refractivity contribution in [2.24, 2.45) is 0 Å². The Morgan fingerprint density at radius 2 is 2.00 bits per heavy atom. The first-order valence-corrected chi connectivity index (χ1v) is 9.20. The summed E-state index contributed by atoms with van der Waals surface area (Å²) in [6.07, 6.45) is 1.66. The van der Waals surface area contributed by atoms with Gasteiger partial charge >= 0.3 is 0 Å². The van der Waals surface area contributed by atoms with Crippen LogP contribution in [0.25, 0.3) is 0 Å². The van der Waals surface area contributed by atoms with Crippen LogP contribution in [0.1, 0.15) is 41.0 Å². The van der Waals surface area contributed by atoms with Gasteiger partial charge in [-0.05, 0) is 35.6 Å². The van der Waals surface area contributed by atoms with Crippen LogP contribution in [-0.2, 0) is 4.79 Å². The summed E-state index contributed by atoms with van der Waals surface area (Å²) in [6.45, 7) is 1.97. The van der Waals surface area contributed by atoms with Gasteiger partial charge in [0.25, 0.3) is 5.91 Å². The normalized spacial score (nSPS) is 11.8. The Morgan fingerprint density at radius 3 is 2.62 bits per heavy atom. The third-order valence-electron chi connectivity index (χ3n) is 3.41. The molecule has 0 spiro atoms. The van der Waals surface area contributed by atoms with Crippen molar-refractivity contribution in [2.75, 3.05) is 6.54 Å². The Hall–Kier alpha value is -1.56. The average molecular weight is 385 g/mol. The maximum atomic E-state index is 12.1. The minimum atomic E-state index is -0.248. The van der Waals surface area contributed by atoms with Crippen LogP contribution >= 0.6 is 34.5 Å². The molecule has 0 aliphatic rings. The number of carbonyl (C=O) groups excluding carboxylic acids is 2. The fourth-order valence-corrected chi connectivity index (χ4v) is 3.19. The van der Waals surface area contributed by atoms with Crippen molar-refractivity contribution >= 4 is 46.4 Å². The Labute approximate surface area is 155 Å². The molecule has 1 aromatic carbocycles. The lowest BCUT2D eigenvalue weighted by atomic mass is 10.0. The fourth-order valence-electron chi connectivity index (χ4n) is 2.24. The standard InChI is InChI=1S/C17H18Cl2N2O2S/c1-2-4-14(11-6-7-12(18)13(19)9-11)21-16(22)10-20-17(23)15-5-3-8-24-15/h3,5-9,14H,2,4,10H2,1H3,(H,20,23)(H,21,22). The molecule has 1 atom stereocenters. The molecule has 2 rings (SSSR count). The third-order valence-corrected chi connectivity index (χ3v) is 5.02. The number of amides is 2. The molecule has 0 aliphatic heterocycles. The zero-order valence-electron chi connectivity index (χ0n) is 13.1. The molecule has 0 saturated carbocycles. The molecular weight excluding hydrogens is 367 g/mol. The number of hydrogen-bond acceptors (Lipinski definition) is 3. The molecule has 4 nitrogen and oxygen atoms in total. The van der Waals surface area contributed by atoms with Crippen molar-refractivity contribution in [3.05, 3.63) is 56.2 Å². The van der Waals surface area contributed by atoms with E-state index in [-0.39, 0.29) is 24.4 Å². The second kappa shape index (κ2) is 9.06. The smallest absolute Gasteiger partial charge is 0.261 e. The van der Waals surface area contributed by atoms with E-state index in [2.05, 4.69) is 10.6 Å². The average Bonchev–Trinajstić information content (AvgIpc) is 3.09. The molecule has 1 aromatic heterocycles. The maximum absolute atomic E-state index is 12.1. The Balaban J connectivity index is 1.95. The lowest BCUT2D eigenvalue weighted by Gasteiger charge is -2.19. The zero-order chi connectivity index (χ0) is 17.5. The summed E-state index contributed by atoms with van der Waals surface area (Å²) in [5.41, 5.74) is 0.893. The van der Waals surface area contributed by atoms with Crippen LogP contribution in [-0.4, -0.2) is 18.4 Å². The van der Waals surface area contributed by atoms with E-state index < -0.39 is 0 Å². The Morgan fingerprint density at radius 1 is 1.21 bits per heavy atom. The Bertz CT molecular complexity index is 705. The van der Waals surface area contributed by atoms with Gasteiger partial charge in [-0.3, -0.25) is 9.59 Å². The van der Waals surface area contributed by atoms with E-state index in [1.54, 1.807) is 24.3 Å². The number of benzene rings is 1. The summed E-state index contributed by atoms with van der Waals surface area (Å²) < 4.78 is 0. The van der Waals surface area contributed by atoms with Gasteiger partial charge in [0.2, 0.25) is 5.91 Å². The molecule has 0 fully saturated rings. The van der Waals surface area contributed by atoms with Crippen molar-refractivity contribution in [1.82, 2.24) is 10.6 Å². The summed E-state index contributed by atoms with van der Waals surface area (Å²) in [6, 6.07) is 8.66. The van der Waals surface area contributed by atoms with Crippen molar-refractivity contribution in [3.8, 4) is 0 Å². The van der Waals surface area contributed by atoms with Gasteiger partial charge in [0, 0.05) is 0 Å². The van der Waals surface area contributed by atoms with Crippen molar-refractivity contribution in [2.45, 2.75) is 25.8 Å². The van der Waals surface area contributed by atoms with E-state index in [1.807, 2.05) is 18.4 Å². The summed E-state index contributed by atoms with van der Waals surface area (Å²) in [5.74, 6) is -0.494. The number of carbonyl (C=O) groups is 2. The molecular formula is C17H18Cl2N2O2S. The highest BCUT2D eigenvalue weighted by atomic mass is 35.5. The van der Waals surface area contributed by atoms with Gasteiger partial charge in [-0.15, -0.1) is 11.3 Å². The second-order valence-corrected chi connectivity index (χ2v) is 7.00. The molecule has 24 heavy (non-hydrogen) atoms. The molecule has 1 heterocycles. The molecule has 0 aliphatic carbocycles. The number of nitrogens with one attached hydrogen (secondary N) is 2. The summed E-state index contributed by atoms with van der Waals surface area (Å²) in [4.78, 5) is 24.6. The van der Waals surface area contributed by atoms with E-state index in [1.165, 1.54) is 11.3 Å². The Kier molecular flexibility index (Phi) is 7.09. The number of thiophene rings is 1. The van der Waals surface area contributed by atoms with Gasteiger partial charge in [0.05, 0.1) is 27.5 Å². The molecule has 2 amide bonds. The second-order valence-electron chi connectivity index (χ2n) is 5.24. The lowest BCUT2D eigenvalue weighted by molar-refractivity contribution is -0.120. The van der Waals surface area contributed by atoms with Crippen LogP contribution in [0.2, 0.25) is 10.0 Å². The quantitative estimate of drug-likeness (QED) is 0.740. The highest BCUT2D eigenvalue weighted by Crippen LogP contribution is 2.27. The van der Waals surface area contributed by atoms with Crippen LogP contribution in [0.15, 0.2) is 35.7 Å². The molecule has 0 bridgehead atoms. The first kappa shape index (κ1) is 18.8. The SMILES string of the molecule is CCCC(NC(=O)CNC(=O)c1cccs1)c1ccc(Cl)c(Cl)c1. The largest absolute Gasteiger partial charge is 0.348 e. The van der Waals surface area contributed by atoms with Crippen LogP contribution < -0.4 is 10.6 Å². The van der Waals surface area contributed by atoms with E-state index in [9.17, 15) is 9.59 Å². The monoisotopic (exact) mass is 384 g/mol. The van der Waals surface area contributed by atoms with Gasteiger partial charge < -0.3 is 10.6 Å². The molecule has 0 saturated heterocycles. The third kappa shape index (κ3) is 5.23. The van der Waals surface area contributed by atoms with Gasteiger partial charge in [0.1, 0.15) is 0 Å². The predicted molar refractivity (Wildman–Crippen MR) is 98.9 cm³/mol. The van der Waals surface area contributed by atoms with Crippen LogP contribution in [0.3, 0.4) is 0 Å². The molecule has 7 heteroatoms. The summed E-state index contributed by atoms with van der Waals surface area (Å²) in [7, 11) is 0. The molecule has 2 N–H and O–H groups in total. The van der Waals surface area contributed by atoms with Crippen molar-refractivity contribution in [3.63, 3.8) is 0 Å². The van der Waals surface area contributed by atoms with E-state index in [0.29, 0.717) is 14.9 Å². The minimum absolute atomic E-state index is 0.0712. The highest BCUT2D eigenvalue weighted by molar-refractivity contribution is 7.12. The number of rotatable bonds is 7. The number of hydrogen-bond donors (Lipinski definition) is 2. The van der Waals surface area contributed by atoms with Gasteiger partial charge in [-0.1, -0.05) is 48.7 Å². The molecule has 128 valence electrons. The molecule has 1 unspecified atom stereocenters. The minimum Gasteiger partial charge on any atom is -0.348 e. The van der Waals surface area contributed by atoms with Crippen LogP contribution in [0, 0.1) is 0 Å². The summed E-state index contributed by atoms with van der Waals surface area (Å²) >= 11 is 13.3. The van der Waals surface area contributed by atoms with Gasteiger partial charge in [-0.2, -0.15) is 0 Å². The van der Waals surface area contributed by atoms with Crippen LogP contribution in [0.4, 0.5) is 0 Å². The molecule has 2 aromatic rings. The van der Waals surface area contributed by atoms with E-state index >= 15 is 0 Å². The fraction of sp³-hybridized carbons (Fsp3) is 0.294. The van der Waals surface area contributed by atoms with Crippen molar-refractivity contribution in [1.29, 1.82) is 0 Å². The van der Waals surface area contributed by atoms with Gasteiger partial charge in [0.15, 0.2) is 0 Å². The first-order valence-electron chi connectivity index (χ1n) is 7.57.